The van der Waals surface area contributed by atoms with Crippen molar-refractivity contribution in [1.29, 1.82) is 0 Å². The van der Waals surface area contributed by atoms with E-state index in [1.807, 2.05) is 36.4 Å². The maximum absolute atomic E-state index is 13.6. The molecule has 5 rings (SSSR count). The zero-order valence-electron chi connectivity index (χ0n) is 25.0. The van der Waals surface area contributed by atoms with Crippen molar-refractivity contribution in [2.45, 2.75) is 89.9 Å². The summed E-state index contributed by atoms with van der Waals surface area (Å²) in [5, 5.41) is 26.2. The van der Waals surface area contributed by atoms with Crippen molar-refractivity contribution in [1.82, 2.24) is 15.5 Å². The Hall–Kier alpha value is -2.98. The number of nitrogens with zero attached hydrogens (tertiary/aromatic N) is 1. The third kappa shape index (κ3) is 7.50. The molecule has 9 nitrogen and oxygen atoms in total. The summed E-state index contributed by atoms with van der Waals surface area (Å²) in [5.41, 5.74) is 3.25. The summed E-state index contributed by atoms with van der Waals surface area (Å²) in [4.78, 5) is 29.2. The monoisotopic (exact) mass is 579 g/mol. The molecule has 0 spiro atoms. The summed E-state index contributed by atoms with van der Waals surface area (Å²) in [5.74, 6) is 0.178. The maximum Gasteiger partial charge on any atom is 0.255 e. The number of aliphatic hydroxyl groups is 2. The Balaban J connectivity index is 1.42. The van der Waals surface area contributed by atoms with Crippen LogP contribution in [0.1, 0.15) is 68.8 Å². The number of carbonyl (C=O) groups excluding carboxylic acids is 2. The van der Waals surface area contributed by atoms with E-state index in [2.05, 4.69) is 36.3 Å². The lowest BCUT2D eigenvalue weighted by Crippen LogP contribution is -2.50. The molecular weight excluding hydrogens is 534 g/mol. The van der Waals surface area contributed by atoms with Crippen molar-refractivity contribution >= 4 is 11.8 Å². The van der Waals surface area contributed by atoms with Crippen LogP contribution >= 0.6 is 0 Å². The van der Waals surface area contributed by atoms with Gasteiger partial charge in [-0.3, -0.25) is 14.5 Å². The standard InChI is InChI=1S/C33H45N3O6/c1-33(2,3)13-14-36-19-24-17-27(36)32(40)34-18-30-28(38)11-9-25(42-30)12-15-41-29-16-23(8-10-26(29)31(39)35-24)22-6-4-21(20-37)5-7-22/h4-8,10,16,24-25,27-28,30,37-38H,9,11-15,17-20H2,1-3H3,(H,34,40)(H,35,39)/t24-,25-,27-,28-,30+/m0/s1. The molecule has 9 heteroatoms. The SMILES string of the molecule is CC(C)(C)CCN1C[C@@H]2C[C@H]1C(=O)NC[C@H]1O[C@H](CCOc3cc(-c4ccc(CO)cc4)ccc3C(=O)N2)CC[C@@H]1O. The molecule has 2 amide bonds. The van der Waals surface area contributed by atoms with E-state index in [9.17, 15) is 19.8 Å². The predicted molar refractivity (Wildman–Crippen MR) is 160 cm³/mol. The van der Waals surface area contributed by atoms with Gasteiger partial charge in [0.1, 0.15) is 11.9 Å². The summed E-state index contributed by atoms with van der Waals surface area (Å²) >= 11 is 0. The Kier molecular flexibility index (Phi) is 9.52. The van der Waals surface area contributed by atoms with Crippen molar-refractivity contribution < 1.29 is 29.3 Å². The van der Waals surface area contributed by atoms with Gasteiger partial charge < -0.3 is 30.3 Å². The molecule has 5 atom stereocenters. The second-order valence-corrected chi connectivity index (χ2v) is 13.1. The van der Waals surface area contributed by atoms with Gasteiger partial charge in [-0.1, -0.05) is 51.1 Å². The molecule has 0 unspecified atom stereocenters. The molecule has 0 aliphatic carbocycles. The third-order valence-electron chi connectivity index (χ3n) is 8.64. The second-order valence-electron chi connectivity index (χ2n) is 13.1. The topological polar surface area (TPSA) is 120 Å². The van der Waals surface area contributed by atoms with Gasteiger partial charge in [-0.25, -0.2) is 0 Å². The fourth-order valence-electron chi connectivity index (χ4n) is 6.05. The van der Waals surface area contributed by atoms with Gasteiger partial charge in [0.15, 0.2) is 0 Å². The van der Waals surface area contributed by atoms with Crippen molar-refractivity contribution in [2.24, 2.45) is 5.41 Å². The molecule has 0 saturated carbocycles. The van der Waals surface area contributed by atoms with Crippen LogP contribution in [-0.2, 0) is 16.1 Å². The van der Waals surface area contributed by atoms with E-state index in [4.69, 9.17) is 9.47 Å². The summed E-state index contributed by atoms with van der Waals surface area (Å²) < 4.78 is 12.5. The van der Waals surface area contributed by atoms with Crippen LogP contribution in [0.25, 0.3) is 11.1 Å². The lowest BCUT2D eigenvalue weighted by atomic mass is 9.92. The lowest BCUT2D eigenvalue weighted by Gasteiger charge is -2.34. The molecule has 4 N–H and O–H groups in total. The average Bonchev–Trinajstić information content (AvgIpc) is 3.38. The molecule has 228 valence electrons. The number of aliphatic hydroxyl groups excluding tert-OH is 2. The molecular formula is C33H45N3O6. The minimum Gasteiger partial charge on any atom is -0.493 e. The Morgan fingerprint density at radius 3 is 2.52 bits per heavy atom. The number of carbonyl (C=O) groups is 2. The van der Waals surface area contributed by atoms with Crippen molar-refractivity contribution in [2.75, 3.05) is 26.2 Å². The highest BCUT2D eigenvalue weighted by Gasteiger charge is 2.39. The van der Waals surface area contributed by atoms with Crippen molar-refractivity contribution in [3.63, 3.8) is 0 Å². The van der Waals surface area contributed by atoms with Crippen molar-refractivity contribution in [3.05, 3.63) is 53.6 Å². The van der Waals surface area contributed by atoms with Crippen LogP contribution < -0.4 is 15.4 Å². The lowest BCUT2D eigenvalue weighted by molar-refractivity contribution is -0.133. The van der Waals surface area contributed by atoms with E-state index in [0.29, 0.717) is 50.1 Å². The van der Waals surface area contributed by atoms with Crippen LogP contribution in [0.15, 0.2) is 42.5 Å². The highest BCUT2D eigenvalue weighted by atomic mass is 16.5. The minimum absolute atomic E-state index is 0.0216. The third-order valence-corrected chi connectivity index (χ3v) is 8.64. The van der Waals surface area contributed by atoms with Crippen LogP contribution in [0, 0.1) is 5.41 Å². The molecule has 0 aromatic heterocycles. The normalized spacial score (nSPS) is 27.5. The Morgan fingerprint density at radius 1 is 1.02 bits per heavy atom. The van der Waals surface area contributed by atoms with Crippen molar-refractivity contribution in [3.8, 4) is 16.9 Å². The van der Waals surface area contributed by atoms with Crippen LogP contribution in [-0.4, -0.2) is 83.6 Å². The largest absolute Gasteiger partial charge is 0.493 e. The van der Waals surface area contributed by atoms with Gasteiger partial charge in [-0.15, -0.1) is 0 Å². The number of likely N-dealkylation sites (tertiary alicyclic amines) is 1. The molecule has 2 aromatic carbocycles. The Bertz CT molecular complexity index is 1240. The highest BCUT2D eigenvalue weighted by molar-refractivity contribution is 5.98. The minimum atomic E-state index is -0.630. The number of nitrogens with one attached hydrogen (secondary N) is 2. The second kappa shape index (κ2) is 13.1. The summed E-state index contributed by atoms with van der Waals surface area (Å²) in [6.45, 7) is 8.45. The number of hydrogen-bond acceptors (Lipinski definition) is 7. The molecule has 4 bridgehead atoms. The molecule has 2 fully saturated rings. The summed E-state index contributed by atoms with van der Waals surface area (Å²) in [7, 11) is 0. The highest BCUT2D eigenvalue weighted by Crippen LogP contribution is 2.30. The van der Waals surface area contributed by atoms with E-state index in [-0.39, 0.29) is 48.6 Å². The van der Waals surface area contributed by atoms with E-state index in [0.717, 1.165) is 29.7 Å². The molecule has 3 heterocycles. The first-order valence-electron chi connectivity index (χ1n) is 15.2. The zero-order valence-corrected chi connectivity index (χ0v) is 25.0. The Labute approximate surface area is 248 Å². The summed E-state index contributed by atoms with van der Waals surface area (Å²) in [6, 6.07) is 12.7. The number of fused-ring (bicyclic) bond motifs is 5. The van der Waals surface area contributed by atoms with Crippen LogP contribution in [0.3, 0.4) is 0 Å². The van der Waals surface area contributed by atoms with E-state index in [1.165, 1.54) is 0 Å². The first-order valence-corrected chi connectivity index (χ1v) is 15.2. The van der Waals surface area contributed by atoms with Crippen LogP contribution in [0.2, 0.25) is 0 Å². The van der Waals surface area contributed by atoms with E-state index < -0.39 is 12.2 Å². The average molecular weight is 580 g/mol. The van der Waals surface area contributed by atoms with Gasteiger partial charge >= 0.3 is 0 Å². The van der Waals surface area contributed by atoms with Gasteiger partial charge in [0.25, 0.3) is 5.91 Å². The smallest absolute Gasteiger partial charge is 0.255 e. The van der Waals surface area contributed by atoms with Crippen LogP contribution in [0.5, 0.6) is 5.75 Å². The molecule has 42 heavy (non-hydrogen) atoms. The number of amides is 2. The predicted octanol–water partition coefficient (Wildman–Crippen LogP) is 3.26. The molecule has 2 aromatic rings. The number of rotatable bonds is 4. The van der Waals surface area contributed by atoms with Gasteiger partial charge in [-0.05, 0) is 66.5 Å². The fraction of sp³-hybridized carbons (Fsp3) is 0.576. The maximum atomic E-state index is 13.6. The van der Waals surface area contributed by atoms with Gasteiger partial charge in [0, 0.05) is 25.6 Å². The first-order chi connectivity index (χ1) is 20.1. The van der Waals surface area contributed by atoms with Gasteiger partial charge in [0.05, 0.1) is 37.0 Å². The number of benzene rings is 2. The van der Waals surface area contributed by atoms with Gasteiger partial charge in [-0.2, -0.15) is 0 Å². The van der Waals surface area contributed by atoms with Gasteiger partial charge in [0.2, 0.25) is 5.91 Å². The summed E-state index contributed by atoms with van der Waals surface area (Å²) in [6.07, 6.45) is 2.10. The zero-order chi connectivity index (χ0) is 29.9. The number of ether oxygens (including phenoxy) is 2. The Morgan fingerprint density at radius 2 is 1.79 bits per heavy atom. The van der Waals surface area contributed by atoms with Crippen LogP contribution in [0.4, 0.5) is 0 Å². The van der Waals surface area contributed by atoms with E-state index in [1.54, 1.807) is 6.07 Å². The molecule has 3 aliphatic heterocycles. The molecule has 0 radical (unpaired) electrons. The molecule has 2 saturated heterocycles. The first kappa shape index (κ1) is 30.5. The quantitative estimate of drug-likeness (QED) is 0.439. The van der Waals surface area contributed by atoms with E-state index >= 15 is 0 Å². The fourth-order valence-corrected chi connectivity index (χ4v) is 6.05. The number of hydrogen-bond donors (Lipinski definition) is 4. The molecule has 3 aliphatic rings.